The summed E-state index contributed by atoms with van der Waals surface area (Å²) in [7, 11) is 0. The molecule has 0 radical (unpaired) electrons. The largest absolute Gasteiger partial charge is 0.389 e. The lowest BCUT2D eigenvalue weighted by atomic mass is 9.85. The second-order valence-corrected chi connectivity index (χ2v) is 8.11. The van der Waals surface area contributed by atoms with Crippen LogP contribution in [0.15, 0.2) is 54.6 Å². The Morgan fingerprint density at radius 3 is 2.48 bits per heavy atom. The summed E-state index contributed by atoms with van der Waals surface area (Å²) >= 11 is 0. The molecule has 2 heterocycles. The molecule has 0 spiro atoms. The molecule has 1 aliphatic heterocycles. The normalized spacial score (nSPS) is 17.4. The molecule has 0 aliphatic carbocycles. The number of likely N-dealkylation sites (tertiary alicyclic amines) is 1. The molecule has 1 fully saturated rings. The van der Waals surface area contributed by atoms with E-state index in [1.807, 2.05) is 6.07 Å². The average Bonchev–Trinajstić information content (AvgIpc) is 3.00. The average molecular weight is 363 g/mol. The Bertz CT molecular complexity index is 876. The number of aryl methyl sites for hydroxylation is 2. The Balaban J connectivity index is 1.28. The van der Waals surface area contributed by atoms with E-state index in [4.69, 9.17) is 0 Å². The van der Waals surface area contributed by atoms with Crippen LogP contribution in [0.2, 0.25) is 0 Å². The zero-order valence-electron chi connectivity index (χ0n) is 16.2. The number of aromatic amines is 1. The highest BCUT2D eigenvalue weighted by atomic mass is 16.3. The Hall–Kier alpha value is -2.10. The standard InChI is InChI=1S/C24H30N2O/c1-19-21(22-10-5-6-12-23(22)25-19)11-7-15-26-16-13-24(27,14-17-26)18-20-8-3-2-4-9-20/h2-6,8-10,12,25,27H,7,11,13-18H2,1H3. The third-order valence-corrected chi connectivity index (χ3v) is 6.09. The fourth-order valence-corrected chi connectivity index (χ4v) is 4.48. The molecule has 1 saturated heterocycles. The monoisotopic (exact) mass is 362 g/mol. The number of H-pyrrole nitrogens is 1. The zero-order chi connectivity index (χ0) is 18.7. The summed E-state index contributed by atoms with van der Waals surface area (Å²) in [5, 5.41) is 12.3. The first-order chi connectivity index (χ1) is 13.1. The van der Waals surface area contributed by atoms with Crippen LogP contribution in [0.5, 0.6) is 0 Å². The van der Waals surface area contributed by atoms with Crippen LogP contribution in [0.25, 0.3) is 10.9 Å². The van der Waals surface area contributed by atoms with Gasteiger partial charge in [-0.1, -0.05) is 48.5 Å². The van der Waals surface area contributed by atoms with E-state index < -0.39 is 5.60 Å². The third-order valence-electron chi connectivity index (χ3n) is 6.09. The van der Waals surface area contributed by atoms with E-state index in [-0.39, 0.29) is 0 Å². The van der Waals surface area contributed by atoms with Crippen LogP contribution in [0, 0.1) is 6.92 Å². The van der Waals surface area contributed by atoms with E-state index >= 15 is 0 Å². The van der Waals surface area contributed by atoms with Gasteiger partial charge in [0.25, 0.3) is 0 Å². The molecule has 0 bridgehead atoms. The number of fused-ring (bicyclic) bond motifs is 1. The number of rotatable bonds is 6. The molecule has 4 rings (SSSR count). The Morgan fingerprint density at radius 2 is 1.70 bits per heavy atom. The molecule has 3 heteroatoms. The van der Waals surface area contributed by atoms with E-state index in [9.17, 15) is 5.11 Å². The van der Waals surface area contributed by atoms with Gasteiger partial charge in [-0.2, -0.15) is 0 Å². The second-order valence-electron chi connectivity index (χ2n) is 8.11. The minimum Gasteiger partial charge on any atom is -0.389 e. The lowest BCUT2D eigenvalue weighted by Gasteiger charge is -2.38. The number of nitrogens with zero attached hydrogens (tertiary/aromatic N) is 1. The summed E-state index contributed by atoms with van der Waals surface area (Å²) in [6.45, 7) is 5.28. The molecule has 1 aromatic heterocycles. The molecule has 1 aliphatic rings. The highest BCUT2D eigenvalue weighted by Crippen LogP contribution is 2.27. The quantitative estimate of drug-likeness (QED) is 0.679. The smallest absolute Gasteiger partial charge is 0.0712 e. The van der Waals surface area contributed by atoms with Crippen molar-refractivity contribution in [2.24, 2.45) is 0 Å². The zero-order valence-corrected chi connectivity index (χ0v) is 16.2. The highest BCUT2D eigenvalue weighted by Gasteiger charge is 2.32. The molecule has 0 atom stereocenters. The summed E-state index contributed by atoms with van der Waals surface area (Å²) in [6.07, 6.45) is 4.79. The number of hydrogen-bond acceptors (Lipinski definition) is 2. The van der Waals surface area contributed by atoms with Crippen LogP contribution in [-0.2, 0) is 12.8 Å². The lowest BCUT2D eigenvalue weighted by Crippen LogP contribution is -2.45. The first-order valence-corrected chi connectivity index (χ1v) is 10.2. The van der Waals surface area contributed by atoms with Gasteiger partial charge in [0.05, 0.1) is 5.60 Å². The lowest BCUT2D eigenvalue weighted by molar-refractivity contribution is -0.0207. The fourth-order valence-electron chi connectivity index (χ4n) is 4.48. The highest BCUT2D eigenvalue weighted by molar-refractivity contribution is 5.84. The fraction of sp³-hybridized carbons (Fsp3) is 0.417. The molecule has 0 amide bonds. The van der Waals surface area contributed by atoms with Crippen molar-refractivity contribution in [3.63, 3.8) is 0 Å². The van der Waals surface area contributed by atoms with E-state index in [1.165, 1.54) is 34.1 Å². The number of para-hydroxylation sites is 1. The topological polar surface area (TPSA) is 39.3 Å². The van der Waals surface area contributed by atoms with Crippen molar-refractivity contribution in [3.05, 3.63) is 71.4 Å². The minimum atomic E-state index is -0.536. The minimum absolute atomic E-state index is 0.536. The number of benzene rings is 2. The first-order valence-electron chi connectivity index (χ1n) is 10.2. The molecular weight excluding hydrogens is 332 g/mol. The van der Waals surface area contributed by atoms with Crippen molar-refractivity contribution < 1.29 is 5.11 Å². The maximum Gasteiger partial charge on any atom is 0.0712 e. The van der Waals surface area contributed by atoms with Crippen molar-refractivity contribution >= 4 is 10.9 Å². The Kier molecular flexibility index (Phi) is 5.33. The van der Waals surface area contributed by atoms with E-state index in [0.717, 1.165) is 45.3 Å². The van der Waals surface area contributed by atoms with Crippen LogP contribution in [0.4, 0.5) is 0 Å². The predicted octanol–water partition coefficient (Wildman–Crippen LogP) is 4.48. The molecule has 2 aromatic carbocycles. The van der Waals surface area contributed by atoms with Crippen LogP contribution in [0.1, 0.15) is 36.1 Å². The first kappa shape index (κ1) is 18.3. The summed E-state index contributed by atoms with van der Waals surface area (Å²) in [5.74, 6) is 0. The van der Waals surface area contributed by atoms with E-state index in [1.54, 1.807) is 0 Å². The van der Waals surface area contributed by atoms with Gasteiger partial charge < -0.3 is 15.0 Å². The molecule has 3 aromatic rings. The van der Waals surface area contributed by atoms with Gasteiger partial charge >= 0.3 is 0 Å². The molecule has 0 unspecified atom stereocenters. The van der Waals surface area contributed by atoms with Gasteiger partial charge in [-0.3, -0.25) is 0 Å². The van der Waals surface area contributed by atoms with Crippen LogP contribution >= 0.6 is 0 Å². The summed E-state index contributed by atoms with van der Waals surface area (Å²) in [5.41, 5.74) is 4.71. The van der Waals surface area contributed by atoms with Gasteiger partial charge in [-0.25, -0.2) is 0 Å². The van der Waals surface area contributed by atoms with Crippen LogP contribution < -0.4 is 0 Å². The van der Waals surface area contributed by atoms with E-state index in [2.05, 4.69) is 65.3 Å². The van der Waals surface area contributed by atoms with Crippen LogP contribution in [-0.4, -0.2) is 40.2 Å². The van der Waals surface area contributed by atoms with Crippen LogP contribution in [0.3, 0.4) is 0 Å². The molecule has 27 heavy (non-hydrogen) atoms. The van der Waals surface area contributed by atoms with E-state index in [0.29, 0.717) is 0 Å². The summed E-state index contributed by atoms with van der Waals surface area (Å²) in [6, 6.07) is 19.0. The maximum absolute atomic E-state index is 10.9. The number of piperidine rings is 1. The molecule has 3 nitrogen and oxygen atoms in total. The van der Waals surface area contributed by atoms with Gasteiger partial charge in [0.1, 0.15) is 0 Å². The van der Waals surface area contributed by atoms with Gasteiger partial charge in [0, 0.05) is 36.1 Å². The van der Waals surface area contributed by atoms with Crippen molar-refractivity contribution in [2.45, 2.75) is 44.6 Å². The number of aromatic nitrogens is 1. The Labute approximate surface area is 162 Å². The second kappa shape index (κ2) is 7.87. The van der Waals surface area contributed by atoms with Gasteiger partial charge in [0.2, 0.25) is 0 Å². The predicted molar refractivity (Wildman–Crippen MR) is 112 cm³/mol. The molecule has 2 N–H and O–H groups in total. The van der Waals surface area contributed by atoms with Gasteiger partial charge in [0.15, 0.2) is 0 Å². The van der Waals surface area contributed by atoms with Crippen molar-refractivity contribution in [2.75, 3.05) is 19.6 Å². The molecule has 0 saturated carbocycles. The number of aliphatic hydroxyl groups is 1. The SMILES string of the molecule is Cc1[nH]c2ccccc2c1CCCN1CCC(O)(Cc2ccccc2)CC1. The summed E-state index contributed by atoms with van der Waals surface area (Å²) in [4.78, 5) is 6.02. The molecule has 142 valence electrons. The van der Waals surface area contributed by atoms with Crippen molar-refractivity contribution in [1.82, 2.24) is 9.88 Å². The van der Waals surface area contributed by atoms with Crippen molar-refractivity contribution in [1.29, 1.82) is 0 Å². The molecular formula is C24H30N2O. The third kappa shape index (κ3) is 4.26. The van der Waals surface area contributed by atoms with Crippen molar-refractivity contribution in [3.8, 4) is 0 Å². The van der Waals surface area contributed by atoms with Gasteiger partial charge in [-0.05, 0) is 56.3 Å². The number of nitrogens with one attached hydrogen (secondary N) is 1. The van der Waals surface area contributed by atoms with Gasteiger partial charge in [-0.15, -0.1) is 0 Å². The maximum atomic E-state index is 10.9. The summed E-state index contributed by atoms with van der Waals surface area (Å²) < 4.78 is 0. The Morgan fingerprint density at radius 1 is 1.00 bits per heavy atom. The number of hydrogen-bond donors (Lipinski definition) is 2.